The molecule has 0 radical (unpaired) electrons. The minimum absolute atomic E-state index is 0.208. The molecule has 3 nitrogen and oxygen atoms in total. The number of hydrogen-bond acceptors (Lipinski definition) is 2. The maximum absolute atomic E-state index is 12.9. The number of halogens is 2. The van der Waals surface area contributed by atoms with Crippen LogP contribution in [0.5, 0.6) is 0 Å². The molecule has 2 aromatic rings. The fourth-order valence-corrected chi connectivity index (χ4v) is 2.32. The summed E-state index contributed by atoms with van der Waals surface area (Å²) in [7, 11) is 1.87. The van der Waals surface area contributed by atoms with E-state index in [1.807, 2.05) is 19.2 Å². The maximum atomic E-state index is 12.9. The van der Waals surface area contributed by atoms with Crippen molar-refractivity contribution in [1.82, 2.24) is 14.8 Å². The second-order valence-corrected chi connectivity index (χ2v) is 4.55. The van der Waals surface area contributed by atoms with Gasteiger partial charge in [-0.3, -0.25) is 4.68 Å². The normalized spacial score (nSPS) is 12.6. The van der Waals surface area contributed by atoms with Crippen LogP contribution >= 0.6 is 15.9 Å². The molecule has 0 bridgehead atoms. The van der Waals surface area contributed by atoms with E-state index in [-0.39, 0.29) is 11.7 Å². The average molecular weight is 298 g/mol. The van der Waals surface area contributed by atoms with Gasteiger partial charge in [-0.1, -0.05) is 28.1 Å². The van der Waals surface area contributed by atoms with E-state index in [0.29, 0.717) is 0 Å². The molecule has 0 N–H and O–H groups in total. The zero-order chi connectivity index (χ0) is 12.3. The van der Waals surface area contributed by atoms with E-state index < -0.39 is 0 Å². The average Bonchev–Trinajstić information content (AvgIpc) is 2.73. The first-order valence-electron chi connectivity index (χ1n) is 5.35. The Hall–Kier alpha value is -1.23. The zero-order valence-electron chi connectivity index (χ0n) is 9.48. The van der Waals surface area contributed by atoms with E-state index in [0.717, 1.165) is 23.1 Å². The molecule has 1 aromatic carbocycles. The molecule has 0 aliphatic carbocycles. The van der Waals surface area contributed by atoms with Gasteiger partial charge in [0.1, 0.15) is 18.0 Å². The zero-order valence-corrected chi connectivity index (χ0v) is 11.1. The second-order valence-electron chi connectivity index (χ2n) is 3.91. The van der Waals surface area contributed by atoms with E-state index in [2.05, 4.69) is 26.0 Å². The number of aryl methyl sites for hydroxylation is 1. The summed E-state index contributed by atoms with van der Waals surface area (Å²) in [5, 5.41) is 4.85. The lowest BCUT2D eigenvalue weighted by atomic mass is 9.97. The monoisotopic (exact) mass is 297 g/mol. The van der Waals surface area contributed by atoms with E-state index in [1.54, 1.807) is 11.0 Å². The van der Waals surface area contributed by atoms with Crippen LogP contribution in [0.25, 0.3) is 0 Å². The van der Waals surface area contributed by atoms with E-state index >= 15 is 0 Å². The maximum Gasteiger partial charge on any atom is 0.138 e. The molecule has 90 valence electrons. The summed E-state index contributed by atoms with van der Waals surface area (Å²) >= 11 is 3.49. The van der Waals surface area contributed by atoms with Gasteiger partial charge in [-0.25, -0.2) is 9.37 Å². The molecular weight excluding hydrogens is 285 g/mol. The minimum Gasteiger partial charge on any atom is -0.253 e. The molecule has 1 heterocycles. The van der Waals surface area contributed by atoms with Gasteiger partial charge in [-0.05, 0) is 17.7 Å². The number of aromatic nitrogens is 3. The first-order valence-corrected chi connectivity index (χ1v) is 6.47. The molecule has 0 amide bonds. The van der Waals surface area contributed by atoms with Crippen LogP contribution < -0.4 is 0 Å². The number of alkyl halides is 1. The van der Waals surface area contributed by atoms with Gasteiger partial charge < -0.3 is 0 Å². The number of hydrogen-bond donors (Lipinski definition) is 0. The molecule has 0 fully saturated rings. The van der Waals surface area contributed by atoms with Gasteiger partial charge in [0.2, 0.25) is 0 Å². The molecule has 0 spiro atoms. The lowest BCUT2D eigenvalue weighted by molar-refractivity contribution is 0.622. The number of nitrogens with zero attached hydrogens (tertiary/aromatic N) is 3. The predicted octanol–water partition coefficient (Wildman–Crippen LogP) is 2.68. The lowest BCUT2D eigenvalue weighted by Gasteiger charge is -2.13. The second kappa shape index (κ2) is 5.40. The van der Waals surface area contributed by atoms with Gasteiger partial charge in [0.15, 0.2) is 0 Å². The molecule has 17 heavy (non-hydrogen) atoms. The Bertz CT molecular complexity index is 481. The molecule has 0 aliphatic rings. The van der Waals surface area contributed by atoms with Crippen LogP contribution in [0.1, 0.15) is 17.3 Å². The Morgan fingerprint density at radius 1 is 1.35 bits per heavy atom. The van der Waals surface area contributed by atoms with Crippen molar-refractivity contribution >= 4 is 15.9 Å². The first kappa shape index (κ1) is 12.2. The lowest BCUT2D eigenvalue weighted by Crippen LogP contribution is -2.09. The van der Waals surface area contributed by atoms with Crippen LogP contribution in [-0.2, 0) is 13.5 Å². The Labute approximate surface area is 108 Å². The van der Waals surface area contributed by atoms with Gasteiger partial charge >= 0.3 is 0 Å². The quantitative estimate of drug-likeness (QED) is 0.813. The highest BCUT2D eigenvalue weighted by Gasteiger charge is 2.14. The summed E-state index contributed by atoms with van der Waals surface area (Å²) in [5.41, 5.74) is 1.10. The predicted molar refractivity (Wildman–Crippen MR) is 67.6 cm³/mol. The minimum atomic E-state index is -0.208. The molecule has 1 aromatic heterocycles. The van der Waals surface area contributed by atoms with Crippen LogP contribution in [0.2, 0.25) is 0 Å². The standard InChI is InChI=1S/C12H13BrFN3/c1-17-12(15-8-16-17)6-10(7-13)9-2-4-11(14)5-3-9/h2-5,8,10H,6-7H2,1H3. The Morgan fingerprint density at radius 2 is 2.06 bits per heavy atom. The fraction of sp³-hybridized carbons (Fsp3) is 0.333. The highest BCUT2D eigenvalue weighted by Crippen LogP contribution is 2.22. The summed E-state index contributed by atoms with van der Waals surface area (Å²) < 4.78 is 14.6. The van der Waals surface area contributed by atoms with Crippen molar-refractivity contribution in [2.24, 2.45) is 7.05 Å². The number of benzene rings is 1. The Balaban J connectivity index is 2.17. The summed E-state index contributed by atoms with van der Waals surface area (Å²) in [4.78, 5) is 4.20. The highest BCUT2D eigenvalue weighted by atomic mass is 79.9. The first-order chi connectivity index (χ1) is 8.20. The van der Waals surface area contributed by atoms with Gasteiger partial charge in [0.25, 0.3) is 0 Å². The van der Waals surface area contributed by atoms with Crippen LogP contribution in [0.4, 0.5) is 4.39 Å². The molecular formula is C12H13BrFN3. The largest absolute Gasteiger partial charge is 0.253 e. The third-order valence-corrected chi connectivity index (χ3v) is 3.54. The van der Waals surface area contributed by atoms with E-state index in [1.165, 1.54) is 12.1 Å². The molecule has 1 unspecified atom stereocenters. The van der Waals surface area contributed by atoms with E-state index in [9.17, 15) is 4.39 Å². The summed E-state index contributed by atoms with van der Waals surface area (Å²) in [6.45, 7) is 0. The van der Waals surface area contributed by atoms with Crippen LogP contribution in [0.15, 0.2) is 30.6 Å². The van der Waals surface area contributed by atoms with Crippen molar-refractivity contribution < 1.29 is 4.39 Å². The molecule has 0 saturated carbocycles. The van der Waals surface area contributed by atoms with Crippen molar-refractivity contribution in [3.8, 4) is 0 Å². The highest BCUT2D eigenvalue weighted by molar-refractivity contribution is 9.09. The van der Waals surface area contributed by atoms with Crippen molar-refractivity contribution in [3.05, 3.63) is 47.8 Å². The third-order valence-electron chi connectivity index (χ3n) is 2.76. The van der Waals surface area contributed by atoms with Crippen LogP contribution in [0.3, 0.4) is 0 Å². The van der Waals surface area contributed by atoms with Crippen molar-refractivity contribution in [2.75, 3.05) is 5.33 Å². The van der Waals surface area contributed by atoms with Crippen LogP contribution in [-0.4, -0.2) is 20.1 Å². The van der Waals surface area contributed by atoms with E-state index in [4.69, 9.17) is 0 Å². The molecule has 0 aliphatic heterocycles. The summed E-state index contributed by atoms with van der Waals surface area (Å²) in [5.74, 6) is 0.998. The summed E-state index contributed by atoms with van der Waals surface area (Å²) in [6, 6.07) is 6.61. The third kappa shape index (κ3) is 2.91. The van der Waals surface area contributed by atoms with Crippen molar-refractivity contribution in [1.29, 1.82) is 0 Å². The number of rotatable bonds is 4. The van der Waals surface area contributed by atoms with Crippen molar-refractivity contribution in [3.63, 3.8) is 0 Å². The molecule has 5 heteroatoms. The van der Waals surface area contributed by atoms with Gasteiger partial charge in [0.05, 0.1) is 0 Å². The van der Waals surface area contributed by atoms with Gasteiger partial charge in [0, 0.05) is 24.7 Å². The SMILES string of the molecule is Cn1ncnc1CC(CBr)c1ccc(F)cc1. The molecule has 0 saturated heterocycles. The Morgan fingerprint density at radius 3 is 2.59 bits per heavy atom. The topological polar surface area (TPSA) is 30.7 Å². The van der Waals surface area contributed by atoms with Gasteiger partial charge in [-0.2, -0.15) is 5.10 Å². The summed E-state index contributed by atoms with van der Waals surface area (Å²) in [6.07, 6.45) is 2.33. The van der Waals surface area contributed by atoms with Gasteiger partial charge in [-0.15, -0.1) is 0 Å². The van der Waals surface area contributed by atoms with Crippen LogP contribution in [0, 0.1) is 5.82 Å². The Kier molecular flexibility index (Phi) is 3.89. The smallest absolute Gasteiger partial charge is 0.138 e. The molecule has 2 rings (SSSR count). The molecule has 1 atom stereocenters. The van der Waals surface area contributed by atoms with Crippen molar-refractivity contribution in [2.45, 2.75) is 12.3 Å². The fourth-order valence-electron chi connectivity index (χ4n) is 1.72.